The molecule has 1 unspecified atom stereocenters. The van der Waals surface area contributed by atoms with Crippen LogP contribution in [0.5, 0.6) is 0 Å². The smallest absolute Gasteiger partial charge is 0.197 e. The molecule has 0 aromatic rings. The summed E-state index contributed by atoms with van der Waals surface area (Å²) in [7, 11) is 3.32. The van der Waals surface area contributed by atoms with Gasteiger partial charge in [0.2, 0.25) is 0 Å². The third-order valence-corrected chi connectivity index (χ3v) is 5.09. The fraction of sp³-hybridized carbons (Fsp3) is 0.688. The number of ether oxygens (including phenoxy) is 2. The minimum absolute atomic E-state index is 0.151. The van der Waals surface area contributed by atoms with Gasteiger partial charge in [-0.1, -0.05) is 12.8 Å². The Morgan fingerprint density at radius 2 is 1.89 bits per heavy atom. The number of rotatable bonds is 2. The number of carbonyl (C=O) groups is 1. The molecule has 3 nitrogen and oxygen atoms in total. The van der Waals surface area contributed by atoms with Gasteiger partial charge in [0.1, 0.15) is 0 Å². The number of allylic oxidation sites excluding steroid dienone is 4. The maximum absolute atomic E-state index is 12.1. The van der Waals surface area contributed by atoms with E-state index in [1.807, 2.05) is 6.08 Å². The van der Waals surface area contributed by atoms with Crippen LogP contribution in [0.25, 0.3) is 0 Å². The summed E-state index contributed by atoms with van der Waals surface area (Å²) in [6.07, 6.45) is 8.75. The van der Waals surface area contributed by atoms with Gasteiger partial charge in [0, 0.05) is 12.8 Å². The van der Waals surface area contributed by atoms with E-state index in [9.17, 15) is 4.79 Å². The van der Waals surface area contributed by atoms with Gasteiger partial charge in [-0.2, -0.15) is 0 Å². The Hall–Kier alpha value is -1.25. The molecule has 3 heteroatoms. The molecule has 0 aromatic heterocycles. The highest BCUT2D eigenvalue weighted by Crippen LogP contribution is 2.49. The zero-order valence-electron chi connectivity index (χ0n) is 11.8. The Bertz CT molecular complexity index is 447. The number of hydrogen-bond acceptors (Lipinski definition) is 3. The summed E-state index contributed by atoms with van der Waals surface area (Å²) in [4.78, 5) is 12.1. The molecule has 0 N–H and O–H groups in total. The van der Waals surface area contributed by atoms with Gasteiger partial charge >= 0.3 is 0 Å². The van der Waals surface area contributed by atoms with Crippen LogP contribution in [0.2, 0.25) is 0 Å². The molecule has 0 amide bonds. The van der Waals surface area contributed by atoms with Crippen LogP contribution in [0.4, 0.5) is 0 Å². The average Bonchev–Trinajstić information content (AvgIpc) is 2.45. The topological polar surface area (TPSA) is 35.5 Å². The highest BCUT2D eigenvalue weighted by Gasteiger charge is 2.42. The standard InChI is InChI=1S/C16H22O3/c1-18-15-7-10-5-3-4-6-11(10)12-8-14(17)16(19-2)9-13(12)15/h9-12H,3-8H2,1-2H3/t10-,11+,12?/m0/s1. The molecule has 0 aromatic carbocycles. The highest BCUT2D eigenvalue weighted by atomic mass is 16.5. The lowest BCUT2D eigenvalue weighted by atomic mass is 9.62. The quantitative estimate of drug-likeness (QED) is 0.766. The van der Waals surface area contributed by atoms with Crippen LogP contribution in [0.15, 0.2) is 23.2 Å². The van der Waals surface area contributed by atoms with Crippen LogP contribution in [0.3, 0.4) is 0 Å². The molecular weight excluding hydrogens is 240 g/mol. The Morgan fingerprint density at radius 3 is 2.63 bits per heavy atom. The van der Waals surface area contributed by atoms with E-state index < -0.39 is 0 Å². The van der Waals surface area contributed by atoms with E-state index in [4.69, 9.17) is 9.47 Å². The van der Waals surface area contributed by atoms with Crippen LogP contribution in [0, 0.1) is 17.8 Å². The fourth-order valence-electron chi connectivity index (χ4n) is 4.16. The third kappa shape index (κ3) is 2.09. The summed E-state index contributed by atoms with van der Waals surface area (Å²) in [6, 6.07) is 0. The van der Waals surface area contributed by atoms with Crippen LogP contribution in [0.1, 0.15) is 38.5 Å². The Balaban J connectivity index is 2.01. The normalized spacial score (nSPS) is 34.3. The van der Waals surface area contributed by atoms with Crippen molar-refractivity contribution in [1.29, 1.82) is 0 Å². The van der Waals surface area contributed by atoms with E-state index in [0.29, 0.717) is 29.9 Å². The van der Waals surface area contributed by atoms with Crippen molar-refractivity contribution in [2.45, 2.75) is 38.5 Å². The van der Waals surface area contributed by atoms with Gasteiger partial charge in [-0.25, -0.2) is 0 Å². The molecule has 3 aliphatic carbocycles. The van der Waals surface area contributed by atoms with E-state index in [1.165, 1.54) is 31.3 Å². The number of hydrogen-bond donors (Lipinski definition) is 0. The molecule has 0 heterocycles. The van der Waals surface area contributed by atoms with Gasteiger partial charge < -0.3 is 9.47 Å². The predicted octanol–water partition coefficient (Wildman–Crippen LogP) is 3.22. The van der Waals surface area contributed by atoms with E-state index in [-0.39, 0.29) is 5.78 Å². The van der Waals surface area contributed by atoms with E-state index in [0.717, 1.165) is 12.2 Å². The van der Waals surface area contributed by atoms with Crippen molar-refractivity contribution < 1.29 is 14.3 Å². The Kier molecular flexibility index (Phi) is 3.38. The molecule has 0 bridgehead atoms. The molecule has 0 spiro atoms. The van der Waals surface area contributed by atoms with Gasteiger partial charge in [-0.3, -0.25) is 4.79 Å². The lowest BCUT2D eigenvalue weighted by Crippen LogP contribution is -2.36. The summed E-state index contributed by atoms with van der Waals surface area (Å²) < 4.78 is 10.8. The molecule has 3 rings (SSSR count). The van der Waals surface area contributed by atoms with Crippen molar-refractivity contribution in [3.05, 3.63) is 23.2 Å². The number of fused-ring (bicyclic) bond motifs is 3. The number of carbonyl (C=O) groups excluding carboxylic acids is 1. The fourth-order valence-corrected chi connectivity index (χ4v) is 4.16. The number of ketones is 1. The summed E-state index contributed by atoms with van der Waals surface area (Å²) in [5, 5.41) is 0. The molecule has 1 saturated carbocycles. The van der Waals surface area contributed by atoms with E-state index in [1.54, 1.807) is 14.2 Å². The third-order valence-electron chi connectivity index (χ3n) is 5.09. The number of methoxy groups -OCH3 is 2. The van der Waals surface area contributed by atoms with Gasteiger partial charge in [0.05, 0.1) is 20.0 Å². The average molecular weight is 262 g/mol. The first-order valence-corrected chi connectivity index (χ1v) is 7.30. The van der Waals surface area contributed by atoms with E-state index in [2.05, 4.69) is 0 Å². The lowest BCUT2D eigenvalue weighted by Gasteiger charge is -2.43. The first-order chi connectivity index (χ1) is 9.24. The second kappa shape index (κ2) is 5.03. The Morgan fingerprint density at radius 1 is 1.11 bits per heavy atom. The Labute approximate surface area is 114 Å². The SMILES string of the molecule is COC1=CC2=C(OC)C[C@@H]3CCCC[C@H]3C2CC1=O. The van der Waals surface area contributed by atoms with Crippen LogP contribution in [-0.2, 0) is 14.3 Å². The van der Waals surface area contributed by atoms with E-state index >= 15 is 0 Å². The zero-order valence-corrected chi connectivity index (χ0v) is 11.8. The minimum Gasteiger partial charge on any atom is -0.501 e. The molecule has 0 aliphatic heterocycles. The molecule has 1 fully saturated rings. The van der Waals surface area contributed by atoms with Crippen LogP contribution >= 0.6 is 0 Å². The van der Waals surface area contributed by atoms with Gasteiger partial charge in [0.15, 0.2) is 11.5 Å². The molecule has 3 atom stereocenters. The van der Waals surface area contributed by atoms with Gasteiger partial charge in [-0.15, -0.1) is 0 Å². The first kappa shape index (κ1) is 12.8. The minimum atomic E-state index is 0.151. The largest absolute Gasteiger partial charge is 0.501 e. The van der Waals surface area contributed by atoms with Gasteiger partial charge in [0.25, 0.3) is 0 Å². The van der Waals surface area contributed by atoms with Gasteiger partial charge in [-0.05, 0) is 42.2 Å². The molecule has 0 saturated heterocycles. The molecule has 0 radical (unpaired) electrons. The predicted molar refractivity (Wildman–Crippen MR) is 72.3 cm³/mol. The second-order valence-corrected chi connectivity index (χ2v) is 5.94. The van der Waals surface area contributed by atoms with Crippen molar-refractivity contribution in [2.24, 2.45) is 17.8 Å². The maximum Gasteiger partial charge on any atom is 0.197 e. The van der Waals surface area contributed by atoms with Crippen molar-refractivity contribution >= 4 is 5.78 Å². The van der Waals surface area contributed by atoms with Crippen molar-refractivity contribution in [3.63, 3.8) is 0 Å². The first-order valence-electron chi connectivity index (χ1n) is 7.30. The monoisotopic (exact) mass is 262 g/mol. The second-order valence-electron chi connectivity index (χ2n) is 5.94. The van der Waals surface area contributed by atoms with Crippen molar-refractivity contribution in [2.75, 3.05) is 14.2 Å². The summed E-state index contributed by atoms with van der Waals surface area (Å²) in [6.45, 7) is 0. The van der Waals surface area contributed by atoms with Crippen molar-refractivity contribution in [3.8, 4) is 0 Å². The van der Waals surface area contributed by atoms with Crippen molar-refractivity contribution in [1.82, 2.24) is 0 Å². The highest BCUT2D eigenvalue weighted by molar-refractivity contribution is 5.95. The van der Waals surface area contributed by atoms with Crippen LogP contribution in [-0.4, -0.2) is 20.0 Å². The summed E-state index contributed by atoms with van der Waals surface area (Å²) >= 11 is 0. The summed E-state index contributed by atoms with van der Waals surface area (Å²) in [5.74, 6) is 3.47. The maximum atomic E-state index is 12.1. The molecule has 3 aliphatic rings. The lowest BCUT2D eigenvalue weighted by molar-refractivity contribution is -0.120. The zero-order chi connectivity index (χ0) is 13.4. The molecule has 104 valence electrons. The van der Waals surface area contributed by atoms with Crippen LogP contribution < -0.4 is 0 Å². The summed E-state index contributed by atoms with van der Waals surface area (Å²) in [5.41, 5.74) is 1.22. The molecular formula is C16H22O3. The number of Topliss-reactive ketones (excluding diaryl/α,β-unsaturated/α-hetero) is 1. The molecule has 19 heavy (non-hydrogen) atoms.